The van der Waals surface area contributed by atoms with Crippen molar-refractivity contribution < 1.29 is 4.74 Å². The number of hydrogen-bond donors (Lipinski definition) is 0. The Bertz CT molecular complexity index is 780. The van der Waals surface area contributed by atoms with E-state index in [2.05, 4.69) is 88.7 Å². The number of ether oxygens (including phenoxy) is 1. The lowest BCUT2D eigenvalue weighted by Crippen LogP contribution is -2.11. The molecule has 0 spiro atoms. The van der Waals surface area contributed by atoms with E-state index in [9.17, 15) is 0 Å². The van der Waals surface area contributed by atoms with Gasteiger partial charge in [-0.05, 0) is 29.3 Å². The van der Waals surface area contributed by atoms with Gasteiger partial charge >= 0.3 is 0 Å². The smallest absolute Gasteiger partial charge is 0.135 e. The van der Waals surface area contributed by atoms with Crippen LogP contribution in [0.1, 0.15) is 28.7 Å². The van der Waals surface area contributed by atoms with Crippen LogP contribution in [0.25, 0.3) is 0 Å². The number of benzene rings is 3. The van der Waals surface area contributed by atoms with E-state index in [0.717, 1.165) is 10.2 Å². The summed E-state index contributed by atoms with van der Waals surface area (Å²) < 4.78 is 7.37. The van der Waals surface area contributed by atoms with Gasteiger partial charge in [-0.25, -0.2) is 0 Å². The highest BCUT2D eigenvalue weighted by atomic mass is 79.9. The standard InChI is InChI=1S/C20H15BrO/c21-16-12-10-15(11-13-16)20-19(14-6-2-1-3-7-14)17-8-4-5-9-18(17)22-20/h1-13,19-20H/t19-,20-/m1/s1. The molecule has 1 heterocycles. The van der Waals surface area contributed by atoms with Crippen molar-refractivity contribution in [2.45, 2.75) is 12.0 Å². The third-order valence-corrected chi connectivity index (χ3v) is 4.70. The maximum atomic E-state index is 6.28. The average Bonchev–Trinajstić information content (AvgIpc) is 2.96. The second-order valence-corrected chi connectivity index (χ2v) is 6.43. The Labute approximate surface area is 138 Å². The van der Waals surface area contributed by atoms with Gasteiger partial charge in [0.2, 0.25) is 0 Å². The monoisotopic (exact) mass is 350 g/mol. The number of para-hydroxylation sites is 1. The summed E-state index contributed by atoms with van der Waals surface area (Å²) in [4.78, 5) is 0. The second kappa shape index (κ2) is 5.62. The van der Waals surface area contributed by atoms with E-state index in [-0.39, 0.29) is 12.0 Å². The zero-order chi connectivity index (χ0) is 14.9. The van der Waals surface area contributed by atoms with Gasteiger partial charge in [0.25, 0.3) is 0 Å². The lowest BCUT2D eigenvalue weighted by atomic mass is 9.85. The minimum absolute atomic E-state index is 0.0212. The maximum Gasteiger partial charge on any atom is 0.135 e. The summed E-state index contributed by atoms with van der Waals surface area (Å²) in [5.74, 6) is 1.22. The molecule has 2 atom stereocenters. The molecular formula is C20H15BrO. The molecule has 0 saturated heterocycles. The molecule has 0 fully saturated rings. The summed E-state index contributed by atoms with van der Waals surface area (Å²) in [7, 11) is 0. The quantitative estimate of drug-likeness (QED) is 0.574. The number of hydrogen-bond acceptors (Lipinski definition) is 1. The predicted molar refractivity (Wildman–Crippen MR) is 92.2 cm³/mol. The molecule has 1 nitrogen and oxygen atoms in total. The highest BCUT2D eigenvalue weighted by molar-refractivity contribution is 9.10. The van der Waals surface area contributed by atoms with Crippen molar-refractivity contribution in [2.24, 2.45) is 0 Å². The molecule has 0 radical (unpaired) electrons. The van der Waals surface area contributed by atoms with E-state index in [4.69, 9.17) is 4.74 Å². The molecule has 0 saturated carbocycles. The number of fused-ring (bicyclic) bond motifs is 1. The number of rotatable bonds is 2. The molecule has 2 heteroatoms. The summed E-state index contributed by atoms with van der Waals surface area (Å²) in [5.41, 5.74) is 3.76. The van der Waals surface area contributed by atoms with E-state index in [1.54, 1.807) is 0 Å². The largest absolute Gasteiger partial charge is 0.484 e. The molecule has 3 aromatic rings. The zero-order valence-corrected chi connectivity index (χ0v) is 13.5. The van der Waals surface area contributed by atoms with Crippen molar-refractivity contribution in [3.63, 3.8) is 0 Å². The second-order valence-electron chi connectivity index (χ2n) is 5.52. The number of halogens is 1. The van der Waals surface area contributed by atoms with Crippen LogP contribution in [-0.4, -0.2) is 0 Å². The molecule has 0 N–H and O–H groups in total. The predicted octanol–water partition coefficient (Wildman–Crippen LogP) is 5.71. The van der Waals surface area contributed by atoms with Crippen molar-refractivity contribution in [3.05, 3.63) is 100 Å². The minimum Gasteiger partial charge on any atom is -0.484 e. The van der Waals surface area contributed by atoms with Crippen LogP contribution < -0.4 is 4.74 Å². The van der Waals surface area contributed by atoms with Crippen molar-refractivity contribution in [1.82, 2.24) is 0 Å². The Balaban J connectivity index is 1.83. The van der Waals surface area contributed by atoms with Gasteiger partial charge in [0.15, 0.2) is 0 Å². The Morgan fingerprint density at radius 2 is 1.36 bits per heavy atom. The third kappa shape index (κ3) is 2.34. The van der Waals surface area contributed by atoms with Crippen LogP contribution >= 0.6 is 15.9 Å². The Hall–Kier alpha value is -2.06. The molecule has 1 aliphatic heterocycles. The fourth-order valence-electron chi connectivity index (χ4n) is 3.14. The van der Waals surface area contributed by atoms with Gasteiger partial charge in [-0.15, -0.1) is 0 Å². The van der Waals surface area contributed by atoms with E-state index in [1.165, 1.54) is 16.7 Å². The lowest BCUT2D eigenvalue weighted by Gasteiger charge is -2.20. The molecule has 22 heavy (non-hydrogen) atoms. The topological polar surface area (TPSA) is 9.23 Å². The molecule has 108 valence electrons. The first-order valence-corrected chi connectivity index (χ1v) is 8.18. The fourth-order valence-corrected chi connectivity index (χ4v) is 3.40. The van der Waals surface area contributed by atoms with Crippen molar-refractivity contribution >= 4 is 15.9 Å². The molecule has 0 unspecified atom stereocenters. The van der Waals surface area contributed by atoms with Crippen LogP contribution in [0, 0.1) is 0 Å². The van der Waals surface area contributed by atoms with Gasteiger partial charge < -0.3 is 4.74 Å². The normalized spacial score (nSPS) is 19.5. The molecule has 0 amide bonds. The van der Waals surface area contributed by atoms with E-state index < -0.39 is 0 Å². The first-order chi connectivity index (χ1) is 10.8. The van der Waals surface area contributed by atoms with Crippen LogP contribution in [0.2, 0.25) is 0 Å². The summed E-state index contributed by atoms with van der Waals surface area (Å²) >= 11 is 3.50. The summed E-state index contributed by atoms with van der Waals surface area (Å²) in [6, 6.07) is 27.4. The van der Waals surface area contributed by atoms with E-state index in [1.807, 2.05) is 6.07 Å². The van der Waals surface area contributed by atoms with Crippen molar-refractivity contribution in [2.75, 3.05) is 0 Å². The van der Waals surface area contributed by atoms with Crippen LogP contribution in [0.4, 0.5) is 0 Å². The first-order valence-electron chi connectivity index (χ1n) is 7.39. The van der Waals surface area contributed by atoms with Gasteiger partial charge in [0.05, 0.1) is 5.92 Å². The Morgan fingerprint density at radius 3 is 2.14 bits per heavy atom. The van der Waals surface area contributed by atoms with Gasteiger partial charge in [0, 0.05) is 10.0 Å². The van der Waals surface area contributed by atoms with Crippen molar-refractivity contribution in [3.8, 4) is 5.75 Å². The van der Waals surface area contributed by atoms with E-state index >= 15 is 0 Å². The van der Waals surface area contributed by atoms with Gasteiger partial charge in [-0.3, -0.25) is 0 Å². The Kier molecular flexibility index (Phi) is 3.47. The summed E-state index contributed by atoms with van der Waals surface area (Å²) in [6.45, 7) is 0. The summed E-state index contributed by atoms with van der Waals surface area (Å²) in [6.07, 6.45) is 0.0212. The van der Waals surface area contributed by atoms with E-state index in [0.29, 0.717) is 0 Å². The van der Waals surface area contributed by atoms with Crippen LogP contribution in [0.5, 0.6) is 5.75 Å². The first kappa shape index (κ1) is 13.6. The average molecular weight is 351 g/mol. The summed E-state index contributed by atoms with van der Waals surface area (Å²) in [5, 5.41) is 0. The molecule has 3 aromatic carbocycles. The highest BCUT2D eigenvalue weighted by Crippen LogP contribution is 2.49. The Morgan fingerprint density at radius 1 is 0.682 bits per heavy atom. The van der Waals surface area contributed by atoms with Gasteiger partial charge in [-0.1, -0.05) is 76.6 Å². The van der Waals surface area contributed by atoms with Crippen molar-refractivity contribution in [1.29, 1.82) is 0 Å². The molecule has 0 aliphatic carbocycles. The molecule has 0 bridgehead atoms. The fraction of sp³-hybridized carbons (Fsp3) is 0.100. The molecule has 1 aliphatic rings. The lowest BCUT2D eigenvalue weighted by molar-refractivity contribution is 0.222. The third-order valence-electron chi connectivity index (χ3n) is 4.17. The molecule has 0 aromatic heterocycles. The zero-order valence-electron chi connectivity index (χ0n) is 11.9. The molecular weight excluding hydrogens is 336 g/mol. The highest BCUT2D eigenvalue weighted by Gasteiger charge is 2.36. The SMILES string of the molecule is Brc1ccc([C@H]2Oc3ccccc3[C@H]2c2ccccc2)cc1. The van der Waals surface area contributed by atoms with Crippen LogP contribution in [-0.2, 0) is 0 Å². The van der Waals surface area contributed by atoms with Crippen LogP contribution in [0.3, 0.4) is 0 Å². The van der Waals surface area contributed by atoms with Gasteiger partial charge in [0.1, 0.15) is 11.9 Å². The maximum absolute atomic E-state index is 6.28. The minimum atomic E-state index is 0.0212. The van der Waals surface area contributed by atoms with Crippen LogP contribution in [0.15, 0.2) is 83.3 Å². The van der Waals surface area contributed by atoms with Gasteiger partial charge in [-0.2, -0.15) is 0 Å². The molecule has 4 rings (SSSR count).